The van der Waals surface area contributed by atoms with Gasteiger partial charge in [0.2, 0.25) is 0 Å². The van der Waals surface area contributed by atoms with Crippen LogP contribution < -0.4 is 5.73 Å². The molecule has 100 valence electrons. The minimum Gasteiger partial charge on any atom is -0.338 e. The van der Waals surface area contributed by atoms with Crippen LogP contribution in [-0.4, -0.2) is 30.4 Å². The summed E-state index contributed by atoms with van der Waals surface area (Å²) in [6, 6.07) is 4.28. The van der Waals surface area contributed by atoms with Gasteiger partial charge in [0.1, 0.15) is 5.82 Å². The summed E-state index contributed by atoms with van der Waals surface area (Å²) in [5, 5.41) is -0.103. The van der Waals surface area contributed by atoms with Crippen molar-refractivity contribution in [3.8, 4) is 0 Å². The SMILES string of the molecule is Cl.NCC1CCN(C(=O)c2cccc(F)c2Cl)C1. The lowest BCUT2D eigenvalue weighted by Gasteiger charge is -2.17. The molecule has 0 saturated carbocycles. The Kier molecular flexibility index (Phi) is 5.38. The number of benzene rings is 1. The smallest absolute Gasteiger partial charge is 0.255 e. The van der Waals surface area contributed by atoms with Gasteiger partial charge in [-0.25, -0.2) is 4.39 Å². The molecule has 1 aromatic carbocycles. The molecule has 6 heteroatoms. The summed E-state index contributed by atoms with van der Waals surface area (Å²) in [5.74, 6) is -0.441. The maximum absolute atomic E-state index is 13.2. The van der Waals surface area contributed by atoms with Crippen molar-refractivity contribution in [2.75, 3.05) is 19.6 Å². The molecule has 0 radical (unpaired) electrons. The molecule has 1 amide bonds. The fourth-order valence-electron chi connectivity index (χ4n) is 2.05. The maximum Gasteiger partial charge on any atom is 0.255 e. The second-order valence-electron chi connectivity index (χ2n) is 4.24. The van der Waals surface area contributed by atoms with E-state index in [1.807, 2.05) is 0 Å². The Morgan fingerprint density at radius 2 is 2.28 bits per heavy atom. The van der Waals surface area contributed by atoms with Gasteiger partial charge in [-0.3, -0.25) is 4.79 Å². The first-order chi connectivity index (χ1) is 8.13. The second-order valence-corrected chi connectivity index (χ2v) is 4.62. The van der Waals surface area contributed by atoms with E-state index in [4.69, 9.17) is 17.3 Å². The quantitative estimate of drug-likeness (QED) is 0.909. The van der Waals surface area contributed by atoms with Gasteiger partial charge in [-0.15, -0.1) is 12.4 Å². The summed E-state index contributed by atoms with van der Waals surface area (Å²) in [6.45, 7) is 1.86. The van der Waals surface area contributed by atoms with Gasteiger partial charge in [0.25, 0.3) is 5.91 Å². The summed E-state index contributed by atoms with van der Waals surface area (Å²) in [6.07, 6.45) is 0.898. The Balaban J connectivity index is 0.00000162. The predicted molar refractivity (Wildman–Crippen MR) is 71.7 cm³/mol. The molecule has 0 bridgehead atoms. The molecule has 1 fully saturated rings. The summed E-state index contributed by atoms with van der Waals surface area (Å²) in [7, 11) is 0. The Morgan fingerprint density at radius 1 is 1.56 bits per heavy atom. The van der Waals surface area contributed by atoms with Crippen molar-refractivity contribution in [2.45, 2.75) is 6.42 Å². The lowest BCUT2D eigenvalue weighted by molar-refractivity contribution is 0.0787. The zero-order valence-electron chi connectivity index (χ0n) is 9.73. The van der Waals surface area contributed by atoms with Gasteiger partial charge in [-0.05, 0) is 31.0 Å². The molecule has 0 aliphatic carbocycles. The average molecular weight is 293 g/mol. The van der Waals surface area contributed by atoms with Crippen molar-refractivity contribution in [1.82, 2.24) is 4.90 Å². The molecule has 1 saturated heterocycles. The van der Waals surface area contributed by atoms with Crippen LogP contribution in [0.5, 0.6) is 0 Å². The second kappa shape index (κ2) is 6.36. The minimum absolute atomic E-state index is 0. The highest BCUT2D eigenvalue weighted by Gasteiger charge is 2.27. The number of amides is 1. The van der Waals surface area contributed by atoms with Gasteiger partial charge in [0.05, 0.1) is 10.6 Å². The van der Waals surface area contributed by atoms with Crippen LogP contribution in [0.15, 0.2) is 18.2 Å². The van der Waals surface area contributed by atoms with Crippen molar-refractivity contribution in [3.05, 3.63) is 34.6 Å². The first-order valence-corrected chi connectivity index (χ1v) is 5.94. The number of halogens is 3. The average Bonchev–Trinajstić information content (AvgIpc) is 2.80. The first-order valence-electron chi connectivity index (χ1n) is 5.57. The highest BCUT2D eigenvalue weighted by Crippen LogP contribution is 2.24. The molecule has 1 aliphatic rings. The number of nitrogens with zero attached hydrogens (tertiary/aromatic N) is 1. The third-order valence-corrected chi connectivity index (χ3v) is 3.47. The molecule has 18 heavy (non-hydrogen) atoms. The fraction of sp³-hybridized carbons (Fsp3) is 0.417. The number of carbonyl (C=O) groups excluding carboxylic acids is 1. The topological polar surface area (TPSA) is 46.3 Å². The molecule has 1 aromatic rings. The number of hydrogen-bond acceptors (Lipinski definition) is 2. The van der Waals surface area contributed by atoms with Crippen LogP contribution in [-0.2, 0) is 0 Å². The third kappa shape index (κ3) is 2.94. The predicted octanol–water partition coefficient (Wildman–Crippen LogP) is 2.32. The van der Waals surface area contributed by atoms with E-state index < -0.39 is 5.82 Å². The highest BCUT2D eigenvalue weighted by molar-refractivity contribution is 6.34. The molecule has 2 N–H and O–H groups in total. The normalized spacial score (nSPS) is 18.6. The Hall–Kier alpha value is -0.840. The van der Waals surface area contributed by atoms with E-state index in [1.54, 1.807) is 11.0 Å². The van der Waals surface area contributed by atoms with E-state index in [9.17, 15) is 9.18 Å². The van der Waals surface area contributed by atoms with Crippen molar-refractivity contribution >= 4 is 29.9 Å². The van der Waals surface area contributed by atoms with Gasteiger partial charge in [-0.2, -0.15) is 0 Å². The third-order valence-electron chi connectivity index (χ3n) is 3.09. The lowest BCUT2D eigenvalue weighted by Crippen LogP contribution is -2.30. The summed E-state index contributed by atoms with van der Waals surface area (Å²) in [4.78, 5) is 13.8. The van der Waals surface area contributed by atoms with E-state index in [1.165, 1.54) is 12.1 Å². The van der Waals surface area contributed by atoms with Crippen LogP contribution in [0.3, 0.4) is 0 Å². The largest absolute Gasteiger partial charge is 0.338 e. The molecule has 0 aromatic heterocycles. The molecule has 1 aliphatic heterocycles. The van der Waals surface area contributed by atoms with Gasteiger partial charge in [0, 0.05) is 13.1 Å². The Bertz CT molecular complexity index is 442. The van der Waals surface area contributed by atoms with Gasteiger partial charge in [0.15, 0.2) is 0 Å². The fourth-order valence-corrected chi connectivity index (χ4v) is 2.26. The standard InChI is InChI=1S/C12H14ClFN2O.ClH/c13-11-9(2-1-3-10(11)14)12(17)16-5-4-8(6-15)7-16;/h1-3,8H,4-7,15H2;1H. The number of hydrogen-bond donors (Lipinski definition) is 1. The zero-order valence-corrected chi connectivity index (χ0v) is 11.3. The van der Waals surface area contributed by atoms with Gasteiger partial charge < -0.3 is 10.6 Å². The van der Waals surface area contributed by atoms with Crippen molar-refractivity contribution in [1.29, 1.82) is 0 Å². The highest BCUT2D eigenvalue weighted by atomic mass is 35.5. The molecule has 2 rings (SSSR count). The number of nitrogens with two attached hydrogens (primary N) is 1. The Morgan fingerprint density at radius 3 is 2.89 bits per heavy atom. The number of rotatable bonds is 2. The van der Waals surface area contributed by atoms with Crippen molar-refractivity contribution in [2.24, 2.45) is 11.7 Å². The molecule has 1 heterocycles. The van der Waals surface area contributed by atoms with E-state index in [2.05, 4.69) is 0 Å². The molecule has 0 spiro atoms. The first kappa shape index (κ1) is 15.2. The lowest BCUT2D eigenvalue weighted by atomic mass is 10.1. The molecule has 1 atom stereocenters. The number of carbonyl (C=O) groups is 1. The van der Waals surface area contributed by atoms with Crippen molar-refractivity contribution < 1.29 is 9.18 Å². The molecule has 1 unspecified atom stereocenters. The van der Waals surface area contributed by atoms with E-state index >= 15 is 0 Å². The molecular weight excluding hydrogens is 278 g/mol. The van der Waals surface area contributed by atoms with Crippen LogP contribution >= 0.6 is 24.0 Å². The molecule has 3 nitrogen and oxygen atoms in total. The van der Waals surface area contributed by atoms with Crippen LogP contribution in [0.4, 0.5) is 4.39 Å². The zero-order chi connectivity index (χ0) is 12.4. The van der Waals surface area contributed by atoms with Gasteiger partial charge in [-0.1, -0.05) is 17.7 Å². The van der Waals surface area contributed by atoms with Crippen LogP contribution in [0.1, 0.15) is 16.8 Å². The van der Waals surface area contributed by atoms with E-state index in [0.29, 0.717) is 25.6 Å². The van der Waals surface area contributed by atoms with Crippen LogP contribution in [0, 0.1) is 11.7 Å². The summed E-state index contributed by atoms with van der Waals surface area (Å²) >= 11 is 5.79. The van der Waals surface area contributed by atoms with Gasteiger partial charge >= 0.3 is 0 Å². The number of likely N-dealkylation sites (tertiary alicyclic amines) is 1. The Labute approximate surface area is 116 Å². The van der Waals surface area contributed by atoms with E-state index in [-0.39, 0.29) is 28.9 Å². The maximum atomic E-state index is 13.2. The van der Waals surface area contributed by atoms with E-state index in [0.717, 1.165) is 6.42 Å². The summed E-state index contributed by atoms with van der Waals surface area (Å²) < 4.78 is 13.2. The minimum atomic E-state index is -0.563. The molecular formula is C12H15Cl2FN2O. The van der Waals surface area contributed by atoms with Crippen molar-refractivity contribution in [3.63, 3.8) is 0 Å². The van der Waals surface area contributed by atoms with Crippen LogP contribution in [0.25, 0.3) is 0 Å². The monoisotopic (exact) mass is 292 g/mol. The summed E-state index contributed by atoms with van der Waals surface area (Å²) in [5.41, 5.74) is 5.79. The van der Waals surface area contributed by atoms with Crippen LogP contribution in [0.2, 0.25) is 5.02 Å².